The minimum Gasteiger partial charge on any atom is -0.383 e. The van der Waals surface area contributed by atoms with Gasteiger partial charge < -0.3 is 10.6 Å². The summed E-state index contributed by atoms with van der Waals surface area (Å²) in [7, 11) is 0. The van der Waals surface area contributed by atoms with Gasteiger partial charge >= 0.3 is 0 Å². The van der Waals surface area contributed by atoms with Crippen LogP contribution in [0.5, 0.6) is 0 Å². The van der Waals surface area contributed by atoms with Crippen molar-refractivity contribution in [3.63, 3.8) is 0 Å². The summed E-state index contributed by atoms with van der Waals surface area (Å²) in [6.07, 6.45) is 3.28. The van der Waals surface area contributed by atoms with Crippen LogP contribution in [0.15, 0.2) is 42.7 Å². The molecule has 2 rings (SSSR count). The summed E-state index contributed by atoms with van der Waals surface area (Å²) in [5.74, 6) is -0.137. The second kappa shape index (κ2) is 6.51. The van der Waals surface area contributed by atoms with Crippen molar-refractivity contribution in [1.29, 1.82) is 0 Å². The van der Waals surface area contributed by atoms with Gasteiger partial charge in [0.1, 0.15) is 0 Å². The first-order chi connectivity index (χ1) is 9.22. The number of halogens is 1. The van der Waals surface area contributed by atoms with E-state index in [0.717, 1.165) is 21.5 Å². The third kappa shape index (κ3) is 3.44. The number of pyridine rings is 1. The predicted octanol–water partition coefficient (Wildman–Crippen LogP) is 3.37. The van der Waals surface area contributed by atoms with Crippen molar-refractivity contribution in [2.45, 2.75) is 6.92 Å². The molecule has 0 atom stereocenters. The summed E-state index contributed by atoms with van der Waals surface area (Å²) >= 11 is 2.20. The predicted molar refractivity (Wildman–Crippen MR) is 85.5 cm³/mol. The zero-order valence-electron chi connectivity index (χ0n) is 10.5. The van der Waals surface area contributed by atoms with E-state index in [-0.39, 0.29) is 5.91 Å². The van der Waals surface area contributed by atoms with E-state index in [4.69, 9.17) is 0 Å². The van der Waals surface area contributed by atoms with Gasteiger partial charge in [-0.15, -0.1) is 0 Å². The highest BCUT2D eigenvalue weighted by Gasteiger charge is 2.12. The Morgan fingerprint density at radius 3 is 2.79 bits per heavy atom. The lowest BCUT2D eigenvalue weighted by atomic mass is 10.2. The second-order valence-corrected chi connectivity index (χ2v) is 5.05. The molecule has 2 aromatic rings. The van der Waals surface area contributed by atoms with Gasteiger partial charge in [0.2, 0.25) is 0 Å². The molecule has 0 bridgehead atoms. The number of carbonyl (C=O) groups is 1. The lowest BCUT2D eigenvalue weighted by molar-refractivity contribution is 0.102. The number of aromatic nitrogens is 1. The zero-order chi connectivity index (χ0) is 13.7. The summed E-state index contributed by atoms with van der Waals surface area (Å²) in [6.45, 7) is 2.73. The Bertz CT molecular complexity index is 586. The molecule has 98 valence electrons. The van der Waals surface area contributed by atoms with Crippen molar-refractivity contribution in [2.24, 2.45) is 0 Å². The van der Waals surface area contributed by atoms with Crippen LogP contribution in [-0.4, -0.2) is 17.4 Å². The van der Waals surface area contributed by atoms with Crippen molar-refractivity contribution < 1.29 is 4.79 Å². The highest BCUT2D eigenvalue weighted by Crippen LogP contribution is 2.20. The lowest BCUT2D eigenvalue weighted by Gasteiger charge is -2.11. The zero-order valence-corrected chi connectivity index (χ0v) is 12.6. The van der Waals surface area contributed by atoms with Crippen LogP contribution >= 0.6 is 22.6 Å². The Morgan fingerprint density at radius 1 is 1.26 bits per heavy atom. The van der Waals surface area contributed by atoms with Gasteiger partial charge in [0.05, 0.1) is 23.1 Å². The van der Waals surface area contributed by atoms with Crippen LogP contribution in [0.1, 0.15) is 17.3 Å². The molecule has 0 saturated heterocycles. The number of benzene rings is 1. The van der Waals surface area contributed by atoms with E-state index in [1.54, 1.807) is 18.5 Å². The van der Waals surface area contributed by atoms with Crippen molar-refractivity contribution in [2.75, 3.05) is 17.2 Å². The molecule has 1 amide bonds. The van der Waals surface area contributed by atoms with E-state index in [0.29, 0.717) is 5.56 Å². The summed E-state index contributed by atoms with van der Waals surface area (Å²) in [5, 5.41) is 6.04. The van der Waals surface area contributed by atoms with Gasteiger partial charge in [-0.05, 0) is 47.7 Å². The monoisotopic (exact) mass is 367 g/mol. The van der Waals surface area contributed by atoms with Gasteiger partial charge in [0.15, 0.2) is 0 Å². The molecule has 1 heterocycles. The van der Waals surface area contributed by atoms with Gasteiger partial charge in [-0.1, -0.05) is 12.1 Å². The van der Waals surface area contributed by atoms with Crippen LogP contribution in [0.25, 0.3) is 0 Å². The number of para-hydroxylation sites is 1. The van der Waals surface area contributed by atoms with Gasteiger partial charge in [0.25, 0.3) is 5.91 Å². The summed E-state index contributed by atoms with van der Waals surface area (Å²) in [6, 6.07) is 9.38. The molecule has 1 aromatic heterocycles. The first-order valence-electron chi connectivity index (χ1n) is 5.96. The Morgan fingerprint density at radius 2 is 2.05 bits per heavy atom. The van der Waals surface area contributed by atoms with Crippen molar-refractivity contribution in [1.82, 2.24) is 4.98 Å². The maximum Gasteiger partial charge on any atom is 0.257 e. The first-order valence-corrected chi connectivity index (χ1v) is 7.04. The molecule has 19 heavy (non-hydrogen) atoms. The van der Waals surface area contributed by atoms with Gasteiger partial charge in [-0.2, -0.15) is 0 Å². The van der Waals surface area contributed by atoms with E-state index < -0.39 is 0 Å². The molecule has 4 nitrogen and oxygen atoms in total. The van der Waals surface area contributed by atoms with Gasteiger partial charge in [0, 0.05) is 16.3 Å². The molecule has 0 aliphatic carbocycles. The second-order valence-electron chi connectivity index (χ2n) is 3.89. The molecule has 0 aliphatic heterocycles. The number of hydrogen-bond donors (Lipinski definition) is 2. The minimum absolute atomic E-state index is 0.137. The quantitative estimate of drug-likeness (QED) is 0.815. The summed E-state index contributed by atoms with van der Waals surface area (Å²) < 4.78 is 1.01. The number of hydrogen-bond acceptors (Lipinski definition) is 3. The number of carbonyl (C=O) groups excluding carboxylic acids is 1. The lowest BCUT2D eigenvalue weighted by Crippen LogP contribution is -2.15. The van der Waals surface area contributed by atoms with E-state index in [9.17, 15) is 4.79 Å². The Labute approximate surface area is 125 Å². The Kier molecular flexibility index (Phi) is 4.73. The molecule has 5 heteroatoms. The van der Waals surface area contributed by atoms with E-state index in [1.165, 1.54) is 0 Å². The summed E-state index contributed by atoms with van der Waals surface area (Å²) in [4.78, 5) is 16.3. The molecule has 0 radical (unpaired) electrons. The molecule has 0 unspecified atom stereocenters. The van der Waals surface area contributed by atoms with Crippen molar-refractivity contribution in [3.05, 3.63) is 51.9 Å². The highest BCUT2D eigenvalue weighted by atomic mass is 127. The first kappa shape index (κ1) is 13.8. The van der Waals surface area contributed by atoms with Crippen LogP contribution < -0.4 is 10.6 Å². The van der Waals surface area contributed by atoms with Crippen LogP contribution in [0.3, 0.4) is 0 Å². The maximum absolute atomic E-state index is 12.3. The number of amides is 1. The molecular weight excluding hydrogens is 353 g/mol. The number of rotatable bonds is 4. The van der Waals surface area contributed by atoms with Gasteiger partial charge in [-0.3, -0.25) is 9.78 Å². The molecule has 1 aromatic carbocycles. The van der Waals surface area contributed by atoms with E-state index >= 15 is 0 Å². The Hall–Kier alpha value is -1.63. The van der Waals surface area contributed by atoms with E-state index in [2.05, 4.69) is 38.2 Å². The van der Waals surface area contributed by atoms with Crippen LogP contribution in [0, 0.1) is 3.57 Å². The van der Waals surface area contributed by atoms with E-state index in [1.807, 2.05) is 31.2 Å². The molecule has 0 spiro atoms. The number of nitrogens with zero attached hydrogens (tertiary/aromatic N) is 1. The fourth-order valence-corrected chi connectivity index (χ4v) is 2.20. The third-order valence-corrected chi connectivity index (χ3v) is 3.50. The van der Waals surface area contributed by atoms with Crippen molar-refractivity contribution >= 4 is 39.9 Å². The number of nitrogens with one attached hydrogen (secondary N) is 2. The molecule has 0 aliphatic rings. The fraction of sp³-hybridized carbons (Fsp3) is 0.143. The maximum atomic E-state index is 12.3. The molecule has 0 saturated carbocycles. The van der Waals surface area contributed by atoms with Gasteiger partial charge in [-0.25, -0.2) is 0 Å². The fourth-order valence-electron chi connectivity index (χ4n) is 1.68. The Balaban J connectivity index is 2.23. The van der Waals surface area contributed by atoms with Crippen molar-refractivity contribution in [3.8, 4) is 0 Å². The molecule has 2 N–H and O–H groups in total. The normalized spacial score (nSPS) is 10.0. The highest BCUT2D eigenvalue weighted by molar-refractivity contribution is 14.1. The summed E-state index contributed by atoms with van der Waals surface area (Å²) in [5.41, 5.74) is 2.15. The molecular formula is C14H14IN3O. The standard InChI is InChI=1S/C14H14IN3O/c1-2-17-13-9-16-8-7-10(13)14(19)18-12-6-4-3-5-11(12)15/h3-9,17H,2H2,1H3,(H,18,19). The minimum atomic E-state index is -0.137. The smallest absolute Gasteiger partial charge is 0.257 e. The largest absolute Gasteiger partial charge is 0.383 e. The molecule has 0 fully saturated rings. The van der Waals surface area contributed by atoms with Crippen LogP contribution in [0.2, 0.25) is 0 Å². The van der Waals surface area contributed by atoms with Crippen LogP contribution in [-0.2, 0) is 0 Å². The van der Waals surface area contributed by atoms with Crippen LogP contribution in [0.4, 0.5) is 11.4 Å². The SMILES string of the molecule is CCNc1cnccc1C(=O)Nc1ccccc1I. The third-order valence-electron chi connectivity index (χ3n) is 2.55. The topological polar surface area (TPSA) is 54.0 Å². The number of anilines is 2. The average Bonchev–Trinajstić information content (AvgIpc) is 2.42. The average molecular weight is 367 g/mol.